The molecule has 1 amide bonds. The number of nitrogens with zero attached hydrogens (tertiary/aromatic N) is 2. The van der Waals surface area contributed by atoms with Crippen LogP contribution >= 0.6 is 23.2 Å². The fourth-order valence-corrected chi connectivity index (χ4v) is 4.65. The molecule has 33 heavy (non-hydrogen) atoms. The minimum Gasteiger partial charge on any atom is -0.388 e. The fourth-order valence-electron chi connectivity index (χ4n) is 4.33. The van der Waals surface area contributed by atoms with Crippen molar-refractivity contribution < 1.29 is 9.63 Å². The van der Waals surface area contributed by atoms with Crippen LogP contribution in [0.15, 0.2) is 47.6 Å². The average Bonchev–Trinajstić information content (AvgIpc) is 3.20. The number of rotatable bonds is 5. The first-order valence-electron chi connectivity index (χ1n) is 11.4. The van der Waals surface area contributed by atoms with Gasteiger partial charge < -0.3 is 10.2 Å². The molecule has 7 heteroatoms. The van der Waals surface area contributed by atoms with Gasteiger partial charge in [-0.3, -0.25) is 9.69 Å². The zero-order chi connectivity index (χ0) is 23.6. The quantitative estimate of drug-likeness (QED) is 0.586. The number of carbonyl (C=O) groups excluding carboxylic acids is 1. The number of piperidine rings is 1. The molecule has 0 bridgehead atoms. The molecule has 0 aromatic heterocycles. The van der Waals surface area contributed by atoms with Crippen LogP contribution in [-0.4, -0.2) is 35.2 Å². The number of hydrogen-bond acceptors (Lipinski definition) is 4. The number of nitrogens with one attached hydrogen (secondary N) is 1. The highest BCUT2D eigenvalue weighted by Gasteiger charge is 2.43. The summed E-state index contributed by atoms with van der Waals surface area (Å²) >= 11 is 12.2. The lowest BCUT2D eigenvalue weighted by Gasteiger charge is -2.37. The molecule has 0 saturated carbocycles. The molecule has 176 valence electrons. The standard InChI is InChI=1S/C26H31Cl2N3O2/c1-25(2,3)20-7-4-18(5-8-20)16-29-24(32)23-15-26(33-30-23)10-12-31(13-11-26)17-19-6-9-21(27)22(28)14-19/h4-9,14H,10-13,15-17H2,1-3H3,(H,29,32). The van der Waals surface area contributed by atoms with Crippen LogP contribution in [0.4, 0.5) is 0 Å². The van der Waals surface area contributed by atoms with E-state index in [-0.39, 0.29) is 16.9 Å². The Balaban J connectivity index is 1.25. The van der Waals surface area contributed by atoms with Gasteiger partial charge in [-0.1, -0.05) is 79.5 Å². The van der Waals surface area contributed by atoms with Crippen LogP contribution in [0.5, 0.6) is 0 Å². The van der Waals surface area contributed by atoms with Crippen molar-refractivity contribution in [3.05, 3.63) is 69.2 Å². The van der Waals surface area contributed by atoms with Crippen molar-refractivity contribution in [3.63, 3.8) is 0 Å². The Morgan fingerprint density at radius 1 is 1.06 bits per heavy atom. The molecule has 1 saturated heterocycles. The molecule has 2 aliphatic rings. The van der Waals surface area contributed by atoms with Crippen LogP contribution in [0.3, 0.4) is 0 Å². The first-order chi connectivity index (χ1) is 15.6. The molecule has 2 aromatic rings. The van der Waals surface area contributed by atoms with Gasteiger partial charge in [0.15, 0.2) is 0 Å². The predicted molar refractivity (Wildman–Crippen MR) is 134 cm³/mol. The van der Waals surface area contributed by atoms with E-state index in [0.29, 0.717) is 28.7 Å². The van der Waals surface area contributed by atoms with Gasteiger partial charge in [-0.15, -0.1) is 0 Å². The van der Waals surface area contributed by atoms with Gasteiger partial charge in [0.2, 0.25) is 0 Å². The maximum Gasteiger partial charge on any atom is 0.269 e. The molecule has 1 spiro atoms. The molecule has 1 N–H and O–H groups in total. The molecule has 2 aliphatic heterocycles. The molecular weight excluding hydrogens is 457 g/mol. The second-order valence-electron chi connectivity index (χ2n) is 10.1. The lowest BCUT2D eigenvalue weighted by molar-refractivity contribution is -0.115. The lowest BCUT2D eigenvalue weighted by Crippen LogP contribution is -2.45. The number of benzene rings is 2. The highest BCUT2D eigenvalue weighted by Crippen LogP contribution is 2.35. The van der Waals surface area contributed by atoms with Crippen LogP contribution in [0, 0.1) is 0 Å². The van der Waals surface area contributed by atoms with E-state index in [1.165, 1.54) is 5.56 Å². The first-order valence-corrected chi connectivity index (χ1v) is 12.2. The van der Waals surface area contributed by atoms with Gasteiger partial charge >= 0.3 is 0 Å². The monoisotopic (exact) mass is 487 g/mol. The Bertz CT molecular complexity index is 1040. The predicted octanol–water partition coefficient (Wildman–Crippen LogP) is 5.72. The summed E-state index contributed by atoms with van der Waals surface area (Å²) in [5.41, 5.74) is 3.72. The molecule has 2 aromatic carbocycles. The van der Waals surface area contributed by atoms with Crippen LogP contribution in [0.2, 0.25) is 10.0 Å². The van der Waals surface area contributed by atoms with E-state index >= 15 is 0 Å². The molecule has 0 unspecified atom stereocenters. The van der Waals surface area contributed by atoms with Crippen LogP contribution in [0.1, 0.15) is 56.7 Å². The zero-order valence-corrected chi connectivity index (χ0v) is 21.0. The number of hydrogen-bond donors (Lipinski definition) is 1. The lowest BCUT2D eigenvalue weighted by atomic mass is 9.86. The minimum atomic E-state index is -0.366. The van der Waals surface area contributed by atoms with Crippen molar-refractivity contribution in [1.82, 2.24) is 10.2 Å². The Morgan fingerprint density at radius 2 is 1.73 bits per heavy atom. The van der Waals surface area contributed by atoms with E-state index in [0.717, 1.165) is 43.6 Å². The maximum absolute atomic E-state index is 12.7. The van der Waals surface area contributed by atoms with Crippen molar-refractivity contribution in [2.45, 2.75) is 64.1 Å². The van der Waals surface area contributed by atoms with Gasteiger partial charge in [0.05, 0.1) is 10.0 Å². The van der Waals surface area contributed by atoms with Gasteiger partial charge in [-0.25, -0.2) is 0 Å². The Labute approximate surface area is 206 Å². The summed E-state index contributed by atoms with van der Waals surface area (Å²) in [6.07, 6.45) is 2.23. The summed E-state index contributed by atoms with van der Waals surface area (Å²) in [4.78, 5) is 20.9. The van der Waals surface area contributed by atoms with Crippen molar-refractivity contribution in [1.29, 1.82) is 0 Å². The molecule has 5 nitrogen and oxygen atoms in total. The van der Waals surface area contributed by atoms with E-state index in [1.54, 1.807) is 0 Å². The largest absolute Gasteiger partial charge is 0.388 e. The second kappa shape index (κ2) is 9.65. The van der Waals surface area contributed by atoms with Gasteiger partial charge in [0.1, 0.15) is 11.3 Å². The molecule has 0 aliphatic carbocycles. The first kappa shape index (κ1) is 24.1. The van der Waals surface area contributed by atoms with E-state index in [1.807, 2.05) is 18.2 Å². The van der Waals surface area contributed by atoms with E-state index in [9.17, 15) is 4.79 Å². The van der Waals surface area contributed by atoms with Gasteiger partial charge in [0, 0.05) is 45.4 Å². The van der Waals surface area contributed by atoms with E-state index in [4.69, 9.17) is 28.0 Å². The Morgan fingerprint density at radius 3 is 2.36 bits per heavy atom. The summed E-state index contributed by atoms with van der Waals surface area (Å²) in [5, 5.41) is 8.30. The highest BCUT2D eigenvalue weighted by molar-refractivity contribution is 6.42. The van der Waals surface area contributed by atoms with Gasteiger partial charge in [-0.2, -0.15) is 0 Å². The summed E-state index contributed by atoms with van der Waals surface area (Å²) in [6, 6.07) is 14.1. The summed E-state index contributed by atoms with van der Waals surface area (Å²) in [6.45, 7) is 9.62. The Hall–Kier alpha value is -2.08. The van der Waals surface area contributed by atoms with Gasteiger partial charge in [0.25, 0.3) is 5.91 Å². The second-order valence-corrected chi connectivity index (χ2v) is 11.0. The minimum absolute atomic E-state index is 0.115. The summed E-state index contributed by atoms with van der Waals surface area (Å²) in [7, 11) is 0. The molecular formula is C26H31Cl2N3O2. The molecule has 4 rings (SSSR count). The number of likely N-dealkylation sites (tertiary alicyclic amines) is 1. The Kier molecular flexibility index (Phi) is 7.04. The fraction of sp³-hybridized carbons (Fsp3) is 0.462. The third-order valence-electron chi connectivity index (χ3n) is 6.53. The maximum atomic E-state index is 12.7. The normalized spacial score (nSPS) is 18.2. The number of carbonyl (C=O) groups is 1. The van der Waals surface area contributed by atoms with E-state index in [2.05, 4.69) is 60.4 Å². The SMILES string of the molecule is CC(C)(C)c1ccc(CNC(=O)C2=NOC3(CCN(Cc4ccc(Cl)c(Cl)c4)CC3)C2)cc1. The average molecular weight is 488 g/mol. The van der Waals surface area contributed by atoms with Crippen molar-refractivity contribution in [3.8, 4) is 0 Å². The third-order valence-corrected chi connectivity index (χ3v) is 7.27. The van der Waals surface area contributed by atoms with Crippen molar-refractivity contribution in [2.24, 2.45) is 5.16 Å². The highest BCUT2D eigenvalue weighted by atomic mass is 35.5. The van der Waals surface area contributed by atoms with Crippen molar-refractivity contribution in [2.75, 3.05) is 13.1 Å². The molecule has 0 atom stereocenters. The van der Waals surface area contributed by atoms with Crippen LogP contribution < -0.4 is 5.32 Å². The molecule has 0 radical (unpaired) electrons. The van der Waals surface area contributed by atoms with Crippen molar-refractivity contribution >= 4 is 34.8 Å². The summed E-state index contributed by atoms with van der Waals surface area (Å²) in [5.74, 6) is -0.148. The number of oxime groups is 1. The van der Waals surface area contributed by atoms with E-state index < -0.39 is 0 Å². The van der Waals surface area contributed by atoms with Crippen LogP contribution in [-0.2, 0) is 28.1 Å². The smallest absolute Gasteiger partial charge is 0.269 e. The van der Waals surface area contributed by atoms with Gasteiger partial charge in [-0.05, 0) is 34.2 Å². The molecule has 1 fully saturated rings. The third kappa shape index (κ3) is 5.89. The number of amides is 1. The zero-order valence-electron chi connectivity index (χ0n) is 19.5. The van der Waals surface area contributed by atoms with Crippen LogP contribution in [0.25, 0.3) is 0 Å². The molecule has 2 heterocycles. The topological polar surface area (TPSA) is 53.9 Å². The number of halogens is 2. The summed E-state index contributed by atoms with van der Waals surface area (Å²) < 4.78 is 0.